The van der Waals surface area contributed by atoms with E-state index >= 15 is 0 Å². The molecule has 0 spiro atoms. The van der Waals surface area contributed by atoms with Gasteiger partial charge in [0.2, 0.25) is 0 Å². The van der Waals surface area contributed by atoms with E-state index in [9.17, 15) is 14.7 Å². The fourth-order valence-corrected chi connectivity index (χ4v) is 4.32. The summed E-state index contributed by atoms with van der Waals surface area (Å²) in [6, 6.07) is 13.3. The number of methoxy groups -OCH3 is 2. The molecule has 1 saturated heterocycles. The van der Waals surface area contributed by atoms with E-state index in [2.05, 4.69) is 0 Å². The highest BCUT2D eigenvalue weighted by molar-refractivity contribution is 8.26. The van der Waals surface area contributed by atoms with Gasteiger partial charge in [-0.15, -0.1) is 0 Å². The van der Waals surface area contributed by atoms with E-state index < -0.39 is 17.9 Å². The van der Waals surface area contributed by atoms with Crippen LogP contribution in [-0.2, 0) is 16.0 Å². The number of carboxylic acids is 1. The van der Waals surface area contributed by atoms with E-state index in [0.717, 1.165) is 17.3 Å². The van der Waals surface area contributed by atoms with Crippen molar-refractivity contribution in [3.8, 4) is 11.5 Å². The number of thioether (sulfide) groups is 1. The average molecular weight is 430 g/mol. The molecular weight excluding hydrogens is 410 g/mol. The van der Waals surface area contributed by atoms with Crippen molar-refractivity contribution in [2.45, 2.75) is 12.5 Å². The predicted molar refractivity (Wildman–Crippen MR) is 116 cm³/mol. The molecule has 150 valence electrons. The molecule has 6 nitrogen and oxygen atoms in total. The van der Waals surface area contributed by atoms with Gasteiger partial charge in [-0.3, -0.25) is 9.69 Å². The molecule has 1 N–H and O–H groups in total. The molecule has 29 heavy (non-hydrogen) atoms. The van der Waals surface area contributed by atoms with Gasteiger partial charge in [0, 0.05) is 12.0 Å². The summed E-state index contributed by atoms with van der Waals surface area (Å²) >= 11 is 6.42. The first-order chi connectivity index (χ1) is 13.9. The zero-order valence-corrected chi connectivity index (χ0v) is 17.5. The van der Waals surface area contributed by atoms with E-state index in [0.29, 0.717) is 22.0 Å². The molecule has 2 aromatic carbocycles. The molecule has 3 rings (SSSR count). The summed E-state index contributed by atoms with van der Waals surface area (Å²) in [6.45, 7) is 0. The normalized spacial score (nSPS) is 16.2. The van der Waals surface area contributed by atoms with Gasteiger partial charge in [0.15, 0.2) is 0 Å². The summed E-state index contributed by atoms with van der Waals surface area (Å²) in [7, 11) is 3.08. The summed E-state index contributed by atoms with van der Waals surface area (Å²) in [6.07, 6.45) is 1.81. The van der Waals surface area contributed by atoms with Crippen molar-refractivity contribution < 1.29 is 24.2 Å². The van der Waals surface area contributed by atoms with Crippen LogP contribution in [0.4, 0.5) is 0 Å². The number of benzene rings is 2. The first-order valence-electron chi connectivity index (χ1n) is 8.70. The Morgan fingerprint density at radius 1 is 1.21 bits per heavy atom. The second-order valence-electron chi connectivity index (χ2n) is 6.20. The fraction of sp³-hybridized carbons (Fsp3) is 0.190. The molecule has 1 aliphatic rings. The molecule has 1 aliphatic heterocycles. The van der Waals surface area contributed by atoms with Crippen molar-refractivity contribution in [2.75, 3.05) is 14.2 Å². The minimum Gasteiger partial charge on any atom is -0.497 e. The smallest absolute Gasteiger partial charge is 0.327 e. The van der Waals surface area contributed by atoms with Gasteiger partial charge >= 0.3 is 5.97 Å². The number of aliphatic carboxylic acids is 1. The van der Waals surface area contributed by atoms with Crippen molar-refractivity contribution in [3.05, 3.63) is 64.6 Å². The number of rotatable bonds is 7. The third kappa shape index (κ3) is 4.60. The number of thiocarbonyl (C=S) groups is 1. The third-order valence-corrected chi connectivity index (χ3v) is 5.75. The molecule has 0 bridgehead atoms. The monoisotopic (exact) mass is 429 g/mol. The van der Waals surface area contributed by atoms with Gasteiger partial charge in [-0.1, -0.05) is 54.3 Å². The Morgan fingerprint density at radius 3 is 2.55 bits per heavy atom. The lowest BCUT2D eigenvalue weighted by Crippen LogP contribution is -2.45. The van der Waals surface area contributed by atoms with Crippen molar-refractivity contribution >= 4 is 46.3 Å². The lowest BCUT2D eigenvalue weighted by Gasteiger charge is -2.23. The Balaban J connectivity index is 1.92. The van der Waals surface area contributed by atoms with Crippen LogP contribution in [0.3, 0.4) is 0 Å². The summed E-state index contributed by atoms with van der Waals surface area (Å²) in [5.41, 5.74) is 1.45. The maximum absolute atomic E-state index is 13.0. The average Bonchev–Trinajstić information content (AvgIpc) is 2.99. The maximum Gasteiger partial charge on any atom is 0.327 e. The standard InChI is InChI=1S/C21H19NO5S2/c1-26-15-8-9-17(27-2)14(11-15)12-18-19(23)22(21(28)29-18)16(20(24)25)10-13-6-4-3-5-7-13/h3-9,11-12,16H,10H2,1-2H3,(H,24,25)/b18-12+/t16-/m0/s1. The molecule has 0 saturated carbocycles. The molecule has 1 heterocycles. The summed E-state index contributed by atoms with van der Waals surface area (Å²) in [4.78, 5) is 26.4. The van der Waals surface area contributed by atoms with E-state index in [1.54, 1.807) is 31.4 Å². The highest BCUT2D eigenvalue weighted by atomic mass is 32.2. The number of nitrogens with zero attached hydrogens (tertiary/aromatic N) is 1. The van der Waals surface area contributed by atoms with Crippen LogP contribution in [0.5, 0.6) is 11.5 Å². The minimum absolute atomic E-state index is 0.165. The Bertz CT molecular complexity index is 974. The lowest BCUT2D eigenvalue weighted by atomic mass is 10.0. The van der Waals surface area contributed by atoms with Gasteiger partial charge in [0.1, 0.15) is 21.9 Å². The van der Waals surface area contributed by atoms with Gasteiger partial charge in [-0.2, -0.15) is 0 Å². The van der Waals surface area contributed by atoms with Gasteiger partial charge < -0.3 is 14.6 Å². The first kappa shape index (κ1) is 20.9. The number of carbonyl (C=O) groups excluding carboxylic acids is 1. The summed E-state index contributed by atoms with van der Waals surface area (Å²) in [5, 5.41) is 9.74. The van der Waals surface area contributed by atoms with Crippen molar-refractivity contribution in [1.82, 2.24) is 4.90 Å². The third-order valence-electron chi connectivity index (χ3n) is 4.42. The molecule has 1 fully saturated rings. The Kier molecular flexibility index (Phi) is 6.56. The van der Waals surface area contributed by atoms with Gasteiger partial charge in [-0.05, 0) is 29.8 Å². The Labute approximate surface area is 178 Å². The molecule has 0 aromatic heterocycles. The van der Waals surface area contributed by atoms with Crippen molar-refractivity contribution in [1.29, 1.82) is 0 Å². The van der Waals surface area contributed by atoms with Crippen LogP contribution in [0.15, 0.2) is 53.4 Å². The number of hydrogen-bond donors (Lipinski definition) is 1. The molecule has 0 radical (unpaired) electrons. The Hall–Kier alpha value is -2.84. The van der Waals surface area contributed by atoms with Crippen molar-refractivity contribution in [3.63, 3.8) is 0 Å². The topological polar surface area (TPSA) is 76.1 Å². The lowest BCUT2D eigenvalue weighted by molar-refractivity contribution is -0.145. The SMILES string of the molecule is COc1ccc(OC)c(/C=C2/SC(=S)N([C@@H](Cc3ccccc3)C(=O)O)C2=O)c1. The number of ether oxygens (including phenoxy) is 2. The zero-order chi connectivity index (χ0) is 21.0. The van der Waals surface area contributed by atoms with Gasteiger partial charge in [0.05, 0.1) is 19.1 Å². The van der Waals surface area contributed by atoms with Crippen LogP contribution in [-0.4, -0.2) is 46.5 Å². The predicted octanol–water partition coefficient (Wildman–Crippen LogP) is 3.60. The highest BCUT2D eigenvalue weighted by Gasteiger charge is 2.40. The first-order valence-corrected chi connectivity index (χ1v) is 9.93. The molecular formula is C21H19NO5S2. The Morgan fingerprint density at radius 2 is 1.93 bits per heavy atom. The largest absolute Gasteiger partial charge is 0.497 e. The van der Waals surface area contributed by atoms with Gasteiger partial charge in [-0.25, -0.2) is 4.79 Å². The minimum atomic E-state index is -1.11. The molecule has 1 amide bonds. The second kappa shape index (κ2) is 9.11. The van der Waals surface area contributed by atoms with E-state index in [-0.39, 0.29) is 10.7 Å². The van der Waals surface area contributed by atoms with E-state index in [1.165, 1.54) is 12.0 Å². The fourth-order valence-electron chi connectivity index (χ4n) is 2.97. The van der Waals surface area contributed by atoms with Crippen LogP contribution in [0.1, 0.15) is 11.1 Å². The number of carboxylic acid groups (broad SMARTS) is 1. The highest BCUT2D eigenvalue weighted by Crippen LogP contribution is 2.36. The number of hydrogen-bond acceptors (Lipinski definition) is 6. The van der Waals surface area contributed by atoms with Crippen LogP contribution < -0.4 is 9.47 Å². The summed E-state index contributed by atoms with van der Waals surface area (Å²) in [5.74, 6) is -0.367. The van der Waals surface area contributed by atoms with E-state index in [4.69, 9.17) is 21.7 Å². The van der Waals surface area contributed by atoms with Gasteiger partial charge in [0.25, 0.3) is 5.91 Å². The van der Waals surface area contributed by atoms with Crippen LogP contribution in [0.25, 0.3) is 6.08 Å². The maximum atomic E-state index is 13.0. The van der Waals surface area contributed by atoms with E-state index in [1.807, 2.05) is 30.3 Å². The molecule has 1 atom stereocenters. The van der Waals surface area contributed by atoms with Crippen LogP contribution in [0.2, 0.25) is 0 Å². The molecule has 0 unspecified atom stereocenters. The molecule has 0 aliphatic carbocycles. The summed E-state index contributed by atoms with van der Waals surface area (Å²) < 4.78 is 10.8. The van der Waals surface area contributed by atoms with Crippen LogP contribution in [0, 0.1) is 0 Å². The molecule has 8 heteroatoms. The number of carbonyl (C=O) groups is 2. The van der Waals surface area contributed by atoms with Crippen molar-refractivity contribution in [2.24, 2.45) is 0 Å². The zero-order valence-electron chi connectivity index (χ0n) is 15.8. The second-order valence-corrected chi connectivity index (χ2v) is 7.88. The quantitative estimate of drug-likeness (QED) is 0.532. The number of amides is 1. The molecule has 2 aromatic rings. The van der Waals surface area contributed by atoms with Crippen LogP contribution >= 0.6 is 24.0 Å².